The van der Waals surface area contributed by atoms with Crippen LogP contribution in [0, 0.1) is 12.8 Å². The summed E-state index contributed by atoms with van der Waals surface area (Å²) in [7, 11) is 0. The summed E-state index contributed by atoms with van der Waals surface area (Å²) in [6.07, 6.45) is 10.2. The molecule has 1 N–H and O–H groups in total. The van der Waals surface area contributed by atoms with E-state index >= 15 is 0 Å². The molecule has 5 rings (SSSR count). The van der Waals surface area contributed by atoms with Crippen molar-refractivity contribution >= 4 is 39.3 Å². The van der Waals surface area contributed by atoms with Crippen LogP contribution in [0.4, 0.5) is 5.69 Å². The van der Waals surface area contributed by atoms with Crippen LogP contribution in [-0.2, 0) is 4.79 Å². The number of aromatic nitrogens is 2. The minimum atomic E-state index is 0.0635. The molecule has 2 aromatic rings. The summed E-state index contributed by atoms with van der Waals surface area (Å²) in [4.78, 5) is 35.8. The molecule has 3 fully saturated rings. The molecule has 0 radical (unpaired) electrons. The highest BCUT2D eigenvalue weighted by Crippen LogP contribution is 2.37. The van der Waals surface area contributed by atoms with E-state index in [4.69, 9.17) is 0 Å². The Kier molecular flexibility index (Phi) is 5.82. The monoisotopic (exact) mass is 441 g/mol. The molecule has 2 saturated heterocycles. The SMILES string of the molecule is Cc1nsc2ncc(C(=O)N3CCCC3)c(N3CCC(C(=O)NC4CCCC4)CC3)c12. The average molecular weight is 442 g/mol. The van der Waals surface area contributed by atoms with Crippen molar-refractivity contribution in [3.05, 3.63) is 17.5 Å². The molecule has 2 aromatic heterocycles. The maximum atomic E-state index is 13.3. The number of fused-ring (bicyclic) bond motifs is 1. The first kappa shape index (κ1) is 20.7. The first-order chi connectivity index (χ1) is 15.1. The predicted molar refractivity (Wildman–Crippen MR) is 123 cm³/mol. The number of piperidine rings is 1. The molecule has 4 heterocycles. The number of carbonyl (C=O) groups is 2. The standard InChI is InChI=1S/C23H31N5O2S/c1-15-19-20(18(14-24-22(19)31-26-15)23(30)28-10-4-5-11-28)27-12-8-16(9-13-27)21(29)25-17-6-2-3-7-17/h14,16-17H,2-13H2,1H3,(H,25,29). The van der Waals surface area contributed by atoms with Crippen LogP contribution in [0.15, 0.2) is 6.20 Å². The lowest BCUT2D eigenvalue weighted by Gasteiger charge is -2.35. The number of anilines is 1. The van der Waals surface area contributed by atoms with Crippen molar-refractivity contribution in [1.29, 1.82) is 0 Å². The number of likely N-dealkylation sites (tertiary alicyclic amines) is 1. The smallest absolute Gasteiger partial charge is 0.257 e. The number of rotatable bonds is 4. The summed E-state index contributed by atoms with van der Waals surface area (Å²) in [6.45, 7) is 5.19. The van der Waals surface area contributed by atoms with Crippen LogP contribution in [0.1, 0.15) is 67.4 Å². The van der Waals surface area contributed by atoms with Crippen molar-refractivity contribution in [2.45, 2.75) is 64.3 Å². The van der Waals surface area contributed by atoms with Crippen molar-refractivity contribution in [2.24, 2.45) is 5.92 Å². The summed E-state index contributed by atoms with van der Waals surface area (Å²) in [6, 6.07) is 0.370. The number of pyridine rings is 1. The van der Waals surface area contributed by atoms with E-state index in [1.807, 2.05) is 11.8 Å². The van der Waals surface area contributed by atoms with Crippen LogP contribution in [0.2, 0.25) is 0 Å². The van der Waals surface area contributed by atoms with Gasteiger partial charge in [-0.1, -0.05) is 12.8 Å². The topological polar surface area (TPSA) is 78.4 Å². The van der Waals surface area contributed by atoms with Gasteiger partial charge >= 0.3 is 0 Å². The van der Waals surface area contributed by atoms with Gasteiger partial charge in [0, 0.05) is 44.3 Å². The third kappa shape index (κ3) is 4.02. The van der Waals surface area contributed by atoms with Crippen molar-refractivity contribution in [3.63, 3.8) is 0 Å². The molecule has 2 aliphatic heterocycles. The van der Waals surface area contributed by atoms with Crippen LogP contribution in [0.5, 0.6) is 0 Å². The van der Waals surface area contributed by atoms with Crippen LogP contribution in [-0.4, -0.2) is 58.3 Å². The maximum Gasteiger partial charge on any atom is 0.257 e. The van der Waals surface area contributed by atoms with Crippen LogP contribution in [0.3, 0.4) is 0 Å². The number of amides is 2. The first-order valence-corrected chi connectivity index (χ1v) is 12.5. The van der Waals surface area contributed by atoms with Crippen LogP contribution >= 0.6 is 11.5 Å². The number of hydrogen-bond acceptors (Lipinski definition) is 6. The van der Waals surface area contributed by atoms with E-state index in [0.29, 0.717) is 11.6 Å². The van der Waals surface area contributed by atoms with Gasteiger partial charge in [-0.05, 0) is 57.0 Å². The number of hydrogen-bond donors (Lipinski definition) is 1. The van der Waals surface area contributed by atoms with E-state index < -0.39 is 0 Å². The van der Waals surface area contributed by atoms with Gasteiger partial charge < -0.3 is 15.1 Å². The van der Waals surface area contributed by atoms with Gasteiger partial charge in [0.2, 0.25) is 5.91 Å². The second-order valence-electron chi connectivity index (χ2n) is 9.22. The molecular formula is C23H31N5O2S. The van der Waals surface area contributed by atoms with Crippen LogP contribution in [0.25, 0.3) is 10.2 Å². The van der Waals surface area contributed by atoms with Gasteiger partial charge in [0.1, 0.15) is 4.83 Å². The molecule has 0 aromatic carbocycles. The number of nitrogens with one attached hydrogen (secondary N) is 1. The normalized spacial score (nSPS) is 20.7. The van der Waals surface area contributed by atoms with E-state index in [9.17, 15) is 9.59 Å². The summed E-state index contributed by atoms with van der Waals surface area (Å²) < 4.78 is 4.51. The Hall–Kier alpha value is -2.22. The summed E-state index contributed by atoms with van der Waals surface area (Å²) in [5, 5.41) is 4.27. The van der Waals surface area contributed by atoms with Crippen molar-refractivity contribution in [2.75, 3.05) is 31.1 Å². The molecule has 7 nitrogen and oxygen atoms in total. The molecule has 0 atom stereocenters. The van der Waals surface area contributed by atoms with Gasteiger partial charge in [0.15, 0.2) is 0 Å². The number of carbonyl (C=O) groups excluding carboxylic acids is 2. The zero-order valence-corrected chi connectivity index (χ0v) is 19.0. The molecule has 31 heavy (non-hydrogen) atoms. The highest BCUT2D eigenvalue weighted by Gasteiger charge is 2.32. The van der Waals surface area contributed by atoms with Gasteiger partial charge in [0.25, 0.3) is 5.91 Å². The third-order valence-corrected chi connectivity index (χ3v) is 8.00. The van der Waals surface area contributed by atoms with E-state index in [1.165, 1.54) is 24.4 Å². The van der Waals surface area contributed by atoms with Gasteiger partial charge in [-0.3, -0.25) is 9.59 Å². The molecule has 0 spiro atoms. The largest absolute Gasteiger partial charge is 0.370 e. The Labute approximate surface area is 187 Å². The number of nitrogens with zero attached hydrogens (tertiary/aromatic N) is 4. The predicted octanol–water partition coefficient (Wildman–Crippen LogP) is 3.51. The van der Waals surface area contributed by atoms with Crippen molar-refractivity contribution in [1.82, 2.24) is 19.6 Å². The Balaban J connectivity index is 1.38. The van der Waals surface area contributed by atoms with Gasteiger partial charge in [-0.25, -0.2) is 4.98 Å². The van der Waals surface area contributed by atoms with Gasteiger partial charge in [-0.15, -0.1) is 0 Å². The van der Waals surface area contributed by atoms with E-state index in [2.05, 4.69) is 19.6 Å². The molecule has 3 aliphatic rings. The zero-order valence-electron chi connectivity index (χ0n) is 18.2. The first-order valence-electron chi connectivity index (χ1n) is 11.7. The average Bonchev–Trinajstić information content (AvgIpc) is 3.56. The summed E-state index contributed by atoms with van der Waals surface area (Å²) in [5.74, 6) is 0.357. The minimum Gasteiger partial charge on any atom is -0.370 e. The fourth-order valence-corrected chi connectivity index (χ4v) is 6.12. The lowest BCUT2D eigenvalue weighted by molar-refractivity contribution is -0.126. The molecule has 0 unspecified atom stereocenters. The number of aryl methyl sites for hydroxylation is 1. The Morgan fingerprint density at radius 2 is 1.74 bits per heavy atom. The Bertz CT molecular complexity index is 970. The lowest BCUT2D eigenvalue weighted by atomic mass is 9.94. The second kappa shape index (κ2) is 8.73. The molecule has 166 valence electrons. The molecule has 1 saturated carbocycles. The summed E-state index contributed by atoms with van der Waals surface area (Å²) >= 11 is 1.39. The molecule has 0 bridgehead atoms. The van der Waals surface area contributed by atoms with Crippen LogP contribution < -0.4 is 10.2 Å². The zero-order chi connectivity index (χ0) is 21.4. The fraction of sp³-hybridized carbons (Fsp3) is 0.652. The molecule has 8 heteroatoms. The van der Waals surface area contributed by atoms with Crippen molar-refractivity contribution < 1.29 is 9.59 Å². The Morgan fingerprint density at radius 1 is 1.03 bits per heavy atom. The second-order valence-corrected chi connectivity index (χ2v) is 9.97. The van der Waals surface area contributed by atoms with E-state index in [-0.39, 0.29) is 17.7 Å². The fourth-order valence-electron chi connectivity index (χ4n) is 5.37. The minimum absolute atomic E-state index is 0.0635. The van der Waals surface area contributed by atoms with E-state index in [0.717, 1.165) is 86.3 Å². The third-order valence-electron chi connectivity index (χ3n) is 7.15. The summed E-state index contributed by atoms with van der Waals surface area (Å²) in [5.41, 5.74) is 2.59. The van der Waals surface area contributed by atoms with E-state index in [1.54, 1.807) is 6.20 Å². The van der Waals surface area contributed by atoms with Crippen molar-refractivity contribution in [3.8, 4) is 0 Å². The van der Waals surface area contributed by atoms with Gasteiger partial charge in [0.05, 0.1) is 22.3 Å². The van der Waals surface area contributed by atoms with Gasteiger partial charge in [-0.2, -0.15) is 4.37 Å². The highest BCUT2D eigenvalue weighted by molar-refractivity contribution is 7.13. The molecule has 2 amide bonds. The maximum absolute atomic E-state index is 13.3. The lowest BCUT2D eigenvalue weighted by Crippen LogP contribution is -2.43. The molecular weight excluding hydrogens is 410 g/mol. The quantitative estimate of drug-likeness (QED) is 0.786. The highest BCUT2D eigenvalue weighted by atomic mass is 32.1. The Morgan fingerprint density at radius 3 is 2.45 bits per heavy atom. The molecule has 1 aliphatic carbocycles.